The Morgan fingerprint density at radius 3 is 2.89 bits per heavy atom. The lowest BCUT2D eigenvalue weighted by atomic mass is 10.0. The fourth-order valence-electron chi connectivity index (χ4n) is 2.99. The maximum atomic E-state index is 6.04. The Balaban J connectivity index is 0.00000280. The highest BCUT2D eigenvalue weighted by Gasteiger charge is 2.32. The molecule has 9 heteroatoms. The first kappa shape index (κ1) is 22.3. The van der Waals surface area contributed by atoms with Crippen molar-refractivity contribution in [3.8, 4) is 11.5 Å². The quantitative estimate of drug-likeness (QED) is 0.263. The zero-order chi connectivity index (χ0) is 19.3. The van der Waals surface area contributed by atoms with Crippen molar-refractivity contribution in [2.45, 2.75) is 39.3 Å². The molecule has 0 saturated heterocycles. The van der Waals surface area contributed by atoms with Crippen LogP contribution in [0.2, 0.25) is 0 Å². The van der Waals surface area contributed by atoms with Gasteiger partial charge in [-0.15, -0.1) is 24.0 Å². The average Bonchev–Trinajstić information content (AvgIpc) is 3.17. The summed E-state index contributed by atoms with van der Waals surface area (Å²) in [7, 11) is 1.85. The molecule has 28 heavy (non-hydrogen) atoms. The molecule has 154 valence electrons. The van der Waals surface area contributed by atoms with Crippen molar-refractivity contribution in [1.29, 1.82) is 0 Å². The predicted molar refractivity (Wildman–Crippen MR) is 120 cm³/mol. The van der Waals surface area contributed by atoms with Gasteiger partial charge in [-0.25, -0.2) is 9.98 Å². The van der Waals surface area contributed by atoms with Crippen LogP contribution in [0.3, 0.4) is 0 Å². The van der Waals surface area contributed by atoms with Crippen molar-refractivity contribution >= 4 is 29.9 Å². The first-order valence-electron chi connectivity index (χ1n) is 9.27. The highest BCUT2D eigenvalue weighted by atomic mass is 127. The molecule has 0 unspecified atom stereocenters. The van der Waals surface area contributed by atoms with E-state index in [1.165, 1.54) is 11.9 Å². The number of halogens is 1. The summed E-state index contributed by atoms with van der Waals surface area (Å²) < 4.78 is 13.7. The summed E-state index contributed by atoms with van der Waals surface area (Å²) in [6, 6.07) is 6.06. The zero-order valence-electron chi connectivity index (χ0n) is 16.9. The number of nitrogens with zero attached hydrogens (tertiary/aromatic N) is 4. The molecule has 0 radical (unpaired) electrons. The van der Waals surface area contributed by atoms with E-state index in [9.17, 15) is 0 Å². The molecule has 0 saturated carbocycles. The molecule has 1 aromatic heterocycles. The van der Waals surface area contributed by atoms with Crippen LogP contribution in [0.5, 0.6) is 11.5 Å². The fraction of sp³-hybridized carbons (Fsp3) is 0.526. The molecule has 1 aliphatic heterocycles. The molecule has 1 aromatic carbocycles. The lowest BCUT2D eigenvalue weighted by molar-refractivity contribution is 0.132. The minimum absolute atomic E-state index is 0. The molecule has 2 aromatic rings. The van der Waals surface area contributed by atoms with Gasteiger partial charge in [0.25, 0.3) is 0 Å². The molecule has 0 bridgehead atoms. The molecule has 0 amide bonds. The van der Waals surface area contributed by atoms with E-state index in [1.807, 2.05) is 26.1 Å². The summed E-state index contributed by atoms with van der Waals surface area (Å²) in [4.78, 5) is 8.71. The molecule has 2 N–H and O–H groups in total. The summed E-state index contributed by atoms with van der Waals surface area (Å²) in [6.45, 7) is 8.58. The van der Waals surface area contributed by atoms with E-state index in [0.717, 1.165) is 36.2 Å². The Kier molecular flexibility index (Phi) is 7.90. The SMILES string of the molecule is CCNC(=NCc1ncnn1C)NCCOc1cccc2c1OC(C)(C)C2.I. The molecule has 0 spiro atoms. The highest BCUT2D eigenvalue weighted by Crippen LogP contribution is 2.41. The lowest BCUT2D eigenvalue weighted by Crippen LogP contribution is -2.39. The topological polar surface area (TPSA) is 85.6 Å². The average molecular weight is 500 g/mol. The highest BCUT2D eigenvalue weighted by molar-refractivity contribution is 14.0. The van der Waals surface area contributed by atoms with E-state index < -0.39 is 0 Å². The molecule has 0 aliphatic carbocycles. The van der Waals surface area contributed by atoms with E-state index in [0.29, 0.717) is 19.7 Å². The van der Waals surface area contributed by atoms with Crippen LogP contribution in [0.15, 0.2) is 29.5 Å². The Labute approximate surface area is 183 Å². The molecule has 8 nitrogen and oxygen atoms in total. The van der Waals surface area contributed by atoms with E-state index in [-0.39, 0.29) is 29.6 Å². The molecule has 3 rings (SSSR count). The summed E-state index contributed by atoms with van der Waals surface area (Å²) in [6.07, 6.45) is 2.43. The number of nitrogens with one attached hydrogen (secondary N) is 2. The lowest BCUT2D eigenvalue weighted by Gasteiger charge is -2.18. The van der Waals surface area contributed by atoms with E-state index in [1.54, 1.807) is 4.68 Å². The summed E-state index contributed by atoms with van der Waals surface area (Å²) >= 11 is 0. The molecule has 1 aliphatic rings. The number of aryl methyl sites for hydroxylation is 1. The van der Waals surface area contributed by atoms with Gasteiger partial charge >= 0.3 is 0 Å². The van der Waals surface area contributed by atoms with Gasteiger partial charge in [0.1, 0.15) is 30.9 Å². The van der Waals surface area contributed by atoms with E-state index in [2.05, 4.69) is 45.6 Å². The van der Waals surface area contributed by atoms with Crippen molar-refractivity contribution < 1.29 is 9.47 Å². The second kappa shape index (κ2) is 9.94. The number of hydrogen-bond donors (Lipinski definition) is 2. The maximum absolute atomic E-state index is 6.04. The minimum Gasteiger partial charge on any atom is -0.488 e. The normalized spacial score (nSPS) is 14.6. The first-order chi connectivity index (χ1) is 13.0. The second-order valence-corrected chi connectivity index (χ2v) is 7.05. The van der Waals surface area contributed by atoms with E-state index >= 15 is 0 Å². The molecule has 0 atom stereocenters. The van der Waals surface area contributed by atoms with Gasteiger partial charge in [-0.3, -0.25) is 4.68 Å². The molecular formula is C19H29IN6O2. The van der Waals surface area contributed by atoms with Gasteiger partial charge in [0.05, 0.1) is 6.54 Å². The van der Waals surface area contributed by atoms with Gasteiger partial charge in [-0.1, -0.05) is 12.1 Å². The van der Waals surface area contributed by atoms with Crippen molar-refractivity contribution in [2.24, 2.45) is 12.0 Å². The van der Waals surface area contributed by atoms with Gasteiger partial charge < -0.3 is 20.1 Å². The van der Waals surface area contributed by atoms with Gasteiger partial charge in [-0.2, -0.15) is 5.10 Å². The van der Waals surface area contributed by atoms with Crippen LogP contribution in [-0.2, 0) is 20.0 Å². The van der Waals surface area contributed by atoms with Gasteiger partial charge in [0, 0.05) is 25.6 Å². The number of para-hydroxylation sites is 1. The van der Waals surface area contributed by atoms with Crippen molar-refractivity contribution in [1.82, 2.24) is 25.4 Å². The summed E-state index contributed by atoms with van der Waals surface area (Å²) in [5, 5.41) is 10.5. The molecular weight excluding hydrogens is 471 g/mol. The fourth-order valence-corrected chi connectivity index (χ4v) is 2.99. The van der Waals surface area contributed by atoms with Gasteiger partial charge in [0.2, 0.25) is 0 Å². The number of ether oxygens (including phenoxy) is 2. The largest absolute Gasteiger partial charge is 0.488 e. The summed E-state index contributed by atoms with van der Waals surface area (Å²) in [5.41, 5.74) is 1.02. The van der Waals surface area contributed by atoms with Gasteiger partial charge in [0.15, 0.2) is 17.5 Å². The summed E-state index contributed by atoms with van der Waals surface area (Å²) in [5.74, 6) is 3.19. The van der Waals surface area contributed by atoms with Crippen LogP contribution in [0.1, 0.15) is 32.2 Å². The third-order valence-electron chi connectivity index (χ3n) is 4.24. The molecule has 2 heterocycles. The minimum atomic E-state index is -0.176. The van der Waals surface area contributed by atoms with Crippen LogP contribution in [0.25, 0.3) is 0 Å². The third-order valence-corrected chi connectivity index (χ3v) is 4.24. The predicted octanol–water partition coefficient (Wildman–Crippen LogP) is 2.28. The van der Waals surface area contributed by atoms with Gasteiger partial charge in [-0.05, 0) is 26.8 Å². The number of aliphatic imine (C=N–C) groups is 1. The number of rotatable bonds is 7. The standard InChI is InChI=1S/C19H28N6O2.HI/c1-5-20-18(22-12-16-23-13-24-25(16)4)21-9-10-26-15-8-6-7-14-11-19(2,3)27-17(14)15;/h6-8,13H,5,9-12H2,1-4H3,(H2,20,21,22);1H. The smallest absolute Gasteiger partial charge is 0.191 e. The van der Waals surface area contributed by atoms with Crippen molar-refractivity contribution in [3.05, 3.63) is 35.9 Å². The maximum Gasteiger partial charge on any atom is 0.191 e. The second-order valence-electron chi connectivity index (χ2n) is 7.05. The number of hydrogen-bond acceptors (Lipinski definition) is 5. The number of guanidine groups is 1. The van der Waals surface area contributed by atoms with Crippen LogP contribution in [0, 0.1) is 0 Å². The number of fused-ring (bicyclic) bond motifs is 1. The van der Waals surface area contributed by atoms with Crippen LogP contribution < -0.4 is 20.1 Å². The van der Waals surface area contributed by atoms with Crippen LogP contribution in [-0.4, -0.2) is 46.0 Å². The van der Waals surface area contributed by atoms with Crippen molar-refractivity contribution in [2.75, 3.05) is 19.7 Å². The van der Waals surface area contributed by atoms with Crippen LogP contribution in [0.4, 0.5) is 0 Å². The number of benzene rings is 1. The van der Waals surface area contributed by atoms with E-state index in [4.69, 9.17) is 9.47 Å². The monoisotopic (exact) mass is 500 g/mol. The van der Waals surface area contributed by atoms with Crippen molar-refractivity contribution in [3.63, 3.8) is 0 Å². The Bertz CT molecular complexity index is 805. The Morgan fingerprint density at radius 2 is 2.18 bits per heavy atom. The first-order valence-corrected chi connectivity index (χ1v) is 9.27. The number of aromatic nitrogens is 3. The molecule has 0 fully saturated rings. The zero-order valence-corrected chi connectivity index (χ0v) is 19.2. The van der Waals surface area contributed by atoms with Crippen LogP contribution >= 0.6 is 24.0 Å². The third kappa shape index (κ3) is 5.73. The Morgan fingerprint density at radius 1 is 1.36 bits per heavy atom. The Hall–Kier alpha value is -2.04.